The fourth-order valence-electron chi connectivity index (χ4n) is 2.98. The molecule has 0 saturated carbocycles. The molecule has 3 heteroatoms. The third kappa shape index (κ3) is 1.84. The van der Waals surface area contributed by atoms with Gasteiger partial charge >= 0.3 is 0 Å². The molecule has 1 aromatic rings. The van der Waals surface area contributed by atoms with Crippen molar-refractivity contribution in [2.24, 2.45) is 0 Å². The van der Waals surface area contributed by atoms with Crippen molar-refractivity contribution in [3.05, 3.63) is 29.8 Å². The quantitative estimate of drug-likeness (QED) is 0.732. The molecule has 2 aliphatic rings. The van der Waals surface area contributed by atoms with Crippen LogP contribution in [-0.4, -0.2) is 37.0 Å². The highest BCUT2D eigenvalue weighted by Gasteiger charge is 2.33. The number of likely N-dealkylation sites (N-methyl/N-ethyl adjacent to an activating group) is 1. The fraction of sp³-hybridized carbons (Fsp3) is 0.500. The minimum atomic E-state index is 0.295. The molecule has 0 N–H and O–H groups in total. The zero-order chi connectivity index (χ0) is 11.8. The maximum absolute atomic E-state index is 12.2. The van der Waals surface area contributed by atoms with Crippen LogP contribution in [-0.2, 0) is 11.2 Å². The standard InChI is InChI=1S/C14H18N2O/c1-15-9-8-12(10-15)16-13-5-3-2-4-11(13)6-7-14(16)17/h2-5,12H,6-10H2,1H3. The van der Waals surface area contributed by atoms with Gasteiger partial charge in [-0.3, -0.25) is 4.79 Å². The van der Waals surface area contributed by atoms with Gasteiger partial charge in [0.2, 0.25) is 5.91 Å². The monoisotopic (exact) mass is 230 g/mol. The smallest absolute Gasteiger partial charge is 0.227 e. The summed E-state index contributed by atoms with van der Waals surface area (Å²) < 4.78 is 0. The molecule has 0 bridgehead atoms. The Morgan fingerprint density at radius 1 is 1.24 bits per heavy atom. The first-order valence-electron chi connectivity index (χ1n) is 6.34. The number of rotatable bonds is 1. The Balaban J connectivity index is 1.95. The van der Waals surface area contributed by atoms with Gasteiger partial charge in [-0.1, -0.05) is 18.2 Å². The Bertz CT molecular complexity index is 444. The minimum absolute atomic E-state index is 0.295. The number of amides is 1. The largest absolute Gasteiger partial charge is 0.308 e. The lowest BCUT2D eigenvalue weighted by atomic mass is 9.99. The second-order valence-electron chi connectivity index (χ2n) is 5.10. The van der Waals surface area contributed by atoms with E-state index < -0.39 is 0 Å². The van der Waals surface area contributed by atoms with Crippen LogP contribution in [0.3, 0.4) is 0 Å². The van der Waals surface area contributed by atoms with E-state index in [1.807, 2.05) is 11.0 Å². The van der Waals surface area contributed by atoms with Crippen LogP contribution >= 0.6 is 0 Å². The summed E-state index contributed by atoms with van der Waals surface area (Å²) in [6.45, 7) is 2.09. The van der Waals surface area contributed by atoms with Crippen molar-refractivity contribution in [3.63, 3.8) is 0 Å². The summed E-state index contributed by atoms with van der Waals surface area (Å²) in [5, 5.41) is 0. The maximum atomic E-state index is 12.2. The number of carbonyl (C=O) groups excluding carboxylic acids is 1. The molecule has 2 aliphatic heterocycles. The summed E-state index contributed by atoms with van der Waals surface area (Å²) >= 11 is 0. The second kappa shape index (κ2) is 4.15. The van der Waals surface area contributed by atoms with Gasteiger partial charge < -0.3 is 9.80 Å². The summed E-state index contributed by atoms with van der Waals surface area (Å²) in [5.41, 5.74) is 2.46. The molecule has 1 amide bonds. The molecule has 3 nitrogen and oxygen atoms in total. The molecule has 2 heterocycles. The molecule has 1 aromatic carbocycles. The summed E-state index contributed by atoms with van der Waals surface area (Å²) in [5.74, 6) is 0.295. The van der Waals surface area contributed by atoms with Gasteiger partial charge in [0.05, 0.1) is 6.04 Å². The average Bonchev–Trinajstić information content (AvgIpc) is 2.75. The zero-order valence-electron chi connectivity index (χ0n) is 10.2. The molecule has 0 aliphatic carbocycles. The number of hydrogen-bond acceptors (Lipinski definition) is 2. The van der Waals surface area contributed by atoms with Crippen LogP contribution in [0.25, 0.3) is 0 Å². The van der Waals surface area contributed by atoms with Gasteiger partial charge in [-0.25, -0.2) is 0 Å². The molecule has 0 spiro atoms. The van der Waals surface area contributed by atoms with Crippen LogP contribution in [0.4, 0.5) is 5.69 Å². The first-order chi connectivity index (χ1) is 8.25. The van der Waals surface area contributed by atoms with E-state index in [0.29, 0.717) is 18.4 Å². The van der Waals surface area contributed by atoms with Gasteiger partial charge in [0.15, 0.2) is 0 Å². The molecular formula is C14H18N2O. The fourth-order valence-corrected chi connectivity index (χ4v) is 2.98. The van der Waals surface area contributed by atoms with Crippen molar-refractivity contribution in [2.75, 3.05) is 25.0 Å². The molecule has 1 unspecified atom stereocenters. The number of para-hydroxylation sites is 1. The summed E-state index contributed by atoms with van der Waals surface area (Å²) in [6, 6.07) is 8.70. The number of nitrogens with zero attached hydrogens (tertiary/aromatic N) is 2. The number of anilines is 1. The van der Waals surface area contributed by atoms with Crippen LogP contribution in [0.1, 0.15) is 18.4 Å². The second-order valence-corrected chi connectivity index (χ2v) is 5.10. The normalized spacial score (nSPS) is 25.1. The topological polar surface area (TPSA) is 23.6 Å². The Morgan fingerprint density at radius 2 is 2.06 bits per heavy atom. The van der Waals surface area contributed by atoms with E-state index in [-0.39, 0.29) is 0 Å². The van der Waals surface area contributed by atoms with Gasteiger partial charge in [0, 0.05) is 18.7 Å². The number of aryl methyl sites for hydroxylation is 1. The van der Waals surface area contributed by atoms with Crippen molar-refractivity contribution >= 4 is 11.6 Å². The highest BCUT2D eigenvalue weighted by Crippen LogP contribution is 2.31. The summed E-state index contributed by atoms with van der Waals surface area (Å²) in [4.78, 5) is 16.5. The third-order valence-corrected chi connectivity index (χ3v) is 3.86. The van der Waals surface area contributed by atoms with Crippen LogP contribution in [0.2, 0.25) is 0 Å². The van der Waals surface area contributed by atoms with Crippen LogP contribution in [0, 0.1) is 0 Å². The molecule has 1 saturated heterocycles. The Kier molecular flexibility index (Phi) is 2.63. The van der Waals surface area contributed by atoms with E-state index in [1.165, 1.54) is 5.56 Å². The predicted molar refractivity (Wildman–Crippen MR) is 68.2 cm³/mol. The summed E-state index contributed by atoms with van der Waals surface area (Å²) in [7, 11) is 2.13. The van der Waals surface area contributed by atoms with E-state index >= 15 is 0 Å². The number of fused-ring (bicyclic) bond motifs is 1. The number of hydrogen-bond donors (Lipinski definition) is 0. The highest BCUT2D eigenvalue weighted by molar-refractivity contribution is 5.97. The molecule has 0 aromatic heterocycles. The molecule has 3 rings (SSSR count). The van der Waals surface area contributed by atoms with Crippen molar-refractivity contribution in [2.45, 2.75) is 25.3 Å². The highest BCUT2D eigenvalue weighted by atomic mass is 16.2. The lowest BCUT2D eigenvalue weighted by Crippen LogP contribution is -2.44. The maximum Gasteiger partial charge on any atom is 0.227 e. The van der Waals surface area contributed by atoms with Crippen molar-refractivity contribution < 1.29 is 4.79 Å². The first-order valence-corrected chi connectivity index (χ1v) is 6.34. The molecule has 0 radical (unpaired) electrons. The SMILES string of the molecule is CN1CCC(N2C(=O)CCc3ccccc32)C1. The van der Waals surface area contributed by atoms with Crippen LogP contribution < -0.4 is 4.90 Å². The van der Waals surface area contributed by atoms with Gasteiger partial charge in [-0.15, -0.1) is 0 Å². The Labute approximate surface area is 102 Å². The molecule has 17 heavy (non-hydrogen) atoms. The Morgan fingerprint density at radius 3 is 2.82 bits per heavy atom. The lowest BCUT2D eigenvalue weighted by molar-refractivity contribution is -0.119. The van der Waals surface area contributed by atoms with Gasteiger partial charge in [0.25, 0.3) is 0 Å². The van der Waals surface area contributed by atoms with Gasteiger partial charge in [-0.05, 0) is 38.1 Å². The predicted octanol–water partition coefficient (Wildman–Crippen LogP) is 1.67. The van der Waals surface area contributed by atoms with Crippen LogP contribution in [0.15, 0.2) is 24.3 Å². The molecule has 1 atom stereocenters. The number of carbonyl (C=O) groups is 1. The number of benzene rings is 1. The van der Waals surface area contributed by atoms with E-state index in [0.717, 1.165) is 31.6 Å². The summed E-state index contributed by atoms with van der Waals surface area (Å²) in [6.07, 6.45) is 2.65. The Hall–Kier alpha value is -1.35. The van der Waals surface area contributed by atoms with Crippen molar-refractivity contribution in [3.8, 4) is 0 Å². The number of likely N-dealkylation sites (tertiary alicyclic amines) is 1. The first kappa shape index (κ1) is 10.8. The third-order valence-electron chi connectivity index (χ3n) is 3.86. The van der Waals surface area contributed by atoms with Crippen LogP contribution in [0.5, 0.6) is 0 Å². The molecular weight excluding hydrogens is 212 g/mol. The lowest BCUT2D eigenvalue weighted by Gasteiger charge is -2.34. The van der Waals surface area contributed by atoms with Gasteiger partial charge in [-0.2, -0.15) is 0 Å². The average molecular weight is 230 g/mol. The molecule has 90 valence electrons. The minimum Gasteiger partial charge on any atom is -0.308 e. The van der Waals surface area contributed by atoms with E-state index in [4.69, 9.17) is 0 Å². The molecule has 1 fully saturated rings. The van der Waals surface area contributed by atoms with E-state index in [2.05, 4.69) is 30.1 Å². The van der Waals surface area contributed by atoms with Crippen molar-refractivity contribution in [1.82, 2.24) is 4.90 Å². The zero-order valence-corrected chi connectivity index (χ0v) is 10.2. The van der Waals surface area contributed by atoms with Crippen molar-refractivity contribution in [1.29, 1.82) is 0 Å². The van der Waals surface area contributed by atoms with Gasteiger partial charge in [0.1, 0.15) is 0 Å². The van der Waals surface area contributed by atoms with E-state index in [9.17, 15) is 4.79 Å². The van der Waals surface area contributed by atoms with E-state index in [1.54, 1.807) is 0 Å².